The van der Waals surface area contributed by atoms with Crippen LogP contribution in [0.2, 0.25) is 0 Å². The van der Waals surface area contributed by atoms with E-state index in [0.717, 1.165) is 10.1 Å². The van der Waals surface area contributed by atoms with Gasteiger partial charge in [-0.15, -0.1) is 5.06 Å². The van der Waals surface area contributed by atoms with Crippen LogP contribution >= 0.6 is 43.2 Å². The van der Waals surface area contributed by atoms with Crippen molar-refractivity contribution in [2.24, 2.45) is 0 Å². The maximum absolute atomic E-state index is 12.9. The van der Waals surface area contributed by atoms with E-state index < -0.39 is 17.8 Å². The van der Waals surface area contributed by atoms with Gasteiger partial charge in [-0.25, -0.2) is 14.8 Å². The van der Waals surface area contributed by atoms with Crippen LogP contribution in [0.25, 0.3) is 0 Å². The fraction of sp³-hybridized carbons (Fsp3) is 0.364. The molecule has 1 aliphatic rings. The van der Waals surface area contributed by atoms with E-state index in [9.17, 15) is 19.2 Å². The van der Waals surface area contributed by atoms with Crippen LogP contribution in [0.4, 0.5) is 0 Å². The highest BCUT2D eigenvalue weighted by molar-refractivity contribution is 8.77. The van der Waals surface area contributed by atoms with E-state index in [4.69, 9.17) is 4.84 Å². The number of amides is 3. The Morgan fingerprint density at radius 3 is 1.89 bits per heavy atom. The Morgan fingerprint density at radius 1 is 0.857 bits per heavy atom. The molecular weight excluding hydrogens is 529 g/mol. The molecule has 9 nitrogen and oxygen atoms in total. The Balaban J connectivity index is 1.45. The lowest BCUT2D eigenvalue weighted by Gasteiger charge is -2.22. The van der Waals surface area contributed by atoms with Crippen LogP contribution in [0.1, 0.15) is 25.7 Å². The molecule has 0 saturated carbocycles. The fourth-order valence-electron chi connectivity index (χ4n) is 2.83. The summed E-state index contributed by atoms with van der Waals surface area (Å²) in [6.07, 6.45) is 3.25. The van der Waals surface area contributed by atoms with E-state index in [-0.39, 0.29) is 31.6 Å². The van der Waals surface area contributed by atoms with Gasteiger partial charge in [-0.05, 0) is 45.9 Å². The molecule has 3 rings (SSSR count). The van der Waals surface area contributed by atoms with E-state index in [1.54, 1.807) is 60.5 Å². The van der Waals surface area contributed by atoms with Crippen molar-refractivity contribution in [3.8, 4) is 0 Å². The molecule has 1 fully saturated rings. The number of hydrogen-bond donors (Lipinski definition) is 0. The predicted octanol–water partition coefficient (Wildman–Crippen LogP) is 3.87. The topological polar surface area (TPSA) is 110 Å². The molecule has 2 aromatic heterocycles. The second kappa shape index (κ2) is 15.0. The lowest BCUT2D eigenvalue weighted by molar-refractivity contribution is -0.197. The molecule has 0 aliphatic carbocycles. The first kappa shape index (κ1) is 27.4. The number of carbonyl (C=O) groups is 4. The summed E-state index contributed by atoms with van der Waals surface area (Å²) >= 11 is 0. The summed E-state index contributed by atoms with van der Waals surface area (Å²) in [7, 11) is 6.28. The Morgan fingerprint density at radius 2 is 1.40 bits per heavy atom. The third-order valence-electron chi connectivity index (χ3n) is 4.55. The quantitative estimate of drug-likeness (QED) is 0.193. The minimum Gasteiger partial charge on any atom is -0.341 e. The van der Waals surface area contributed by atoms with Crippen molar-refractivity contribution < 1.29 is 24.0 Å². The number of aromatic nitrogens is 2. The molecule has 186 valence electrons. The first-order chi connectivity index (χ1) is 17.0. The van der Waals surface area contributed by atoms with Gasteiger partial charge in [-0.2, -0.15) is 0 Å². The molecule has 0 N–H and O–H groups in total. The molecule has 0 aromatic carbocycles. The number of hydrogen-bond acceptors (Lipinski definition) is 11. The van der Waals surface area contributed by atoms with Gasteiger partial charge in [0.05, 0.1) is 6.42 Å². The summed E-state index contributed by atoms with van der Waals surface area (Å²) in [5.41, 5.74) is 0. The van der Waals surface area contributed by atoms with Gasteiger partial charge < -0.3 is 9.74 Å². The third kappa shape index (κ3) is 9.74. The van der Waals surface area contributed by atoms with Crippen molar-refractivity contribution in [2.45, 2.75) is 35.7 Å². The number of pyridine rings is 2. The average molecular weight is 553 g/mol. The molecule has 0 unspecified atom stereocenters. The molecule has 1 aliphatic heterocycles. The number of rotatable bonds is 14. The van der Waals surface area contributed by atoms with E-state index >= 15 is 0 Å². The summed E-state index contributed by atoms with van der Waals surface area (Å²) in [4.78, 5) is 63.3. The number of carbonyl (C=O) groups excluding carboxylic acids is 4. The van der Waals surface area contributed by atoms with Crippen LogP contribution < -0.4 is 0 Å². The number of imide groups is 1. The lowest BCUT2D eigenvalue weighted by atomic mass is 10.3. The number of hydroxylamine groups is 2. The molecule has 2 aromatic rings. The highest BCUT2D eigenvalue weighted by atomic mass is 33.1. The van der Waals surface area contributed by atoms with Crippen LogP contribution in [-0.2, 0) is 24.0 Å². The third-order valence-corrected chi connectivity index (χ3v) is 9.04. The standard InChI is InChI=1S/C22H24N4O5S4/c27-19(9-10-22(30)31-26-20(28)7-8-21(26)29)25(13-15-32-34-17-5-1-3-11-23-17)14-16-33-35-18-6-2-4-12-24-18/h1-6,11-12H,7-10,13-16H2. The summed E-state index contributed by atoms with van der Waals surface area (Å²) in [6, 6.07) is 11.4. The highest BCUT2D eigenvalue weighted by Crippen LogP contribution is 2.30. The summed E-state index contributed by atoms with van der Waals surface area (Å²) in [5, 5.41) is 2.29. The van der Waals surface area contributed by atoms with Crippen molar-refractivity contribution in [3.05, 3.63) is 48.8 Å². The molecule has 35 heavy (non-hydrogen) atoms. The zero-order valence-electron chi connectivity index (χ0n) is 18.7. The Kier molecular flexibility index (Phi) is 11.7. The Labute approximate surface area is 219 Å². The van der Waals surface area contributed by atoms with Gasteiger partial charge in [0.15, 0.2) is 0 Å². The molecule has 13 heteroatoms. The van der Waals surface area contributed by atoms with E-state index in [0.29, 0.717) is 29.7 Å². The van der Waals surface area contributed by atoms with E-state index in [1.165, 1.54) is 0 Å². The van der Waals surface area contributed by atoms with Gasteiger partial charge in [-0.1, -0.05) is 33.7 Å². The van der Waals surface area contributed by atoms with Gasteiger partial charge in [0, 0.05) is 56.3 Å². The second-order valence-electron chi connectivity index (χ2n) is 7.07. The van der Waals surface area contributed by atoms with Crippen LogP contribution in [0.3, 0.4) is 0 Å². The number of nitrogens with zero attached hydrogens (tertiary/aromatic N) is 4. The normalized spacial score (nSPS) is 13.2. The minimum atomic E-state index is -0.776. The van der Waals surface area contributed by atoms with Crippen molar-refractivity contribution >= 4 is 66.9 Å². The smallest absolute Gasteiger partial charge is 0.333 e. The Hall–Kier alpha value is -2.22. The second-order valence-corrected chi connectivity index (χ2v) is 11.9. The van der Waals surface area contributed by atoms with Crippen molar-refractivity contribution in [1.82, 2.24) is 19.9 Å². The Bertz CT molecular complexity index is 936. The minimum absolute atomic E-state index is 0.0289. The van der Waals surface area contributed by atoms with Crippen LogP contribution in [0.5, 0.6) is 0 Å². The van der Waals surface area contributed by atoms with Gasteiger partial charge in [0.25, 0.3) is 11.8 Å². The molecule has 0 spiro atoms. The van der Waals surface area contributed by atoms with Gasteiger partial charge in [0.2, 0.25) is 5.91 Å². The predicted molar refractivity (Wildman–Crippen MR) is 138 cm³/mol. The summed E-state index contributed by atoms with van der Waals surface area (Å²) < 4.78 is 0. The zero-order chi connectivity index (χ0) is 24.9. The van der Waals surface area contributed by atoms with Crippen LogP contribution in [0, 0.1) is 0 Å². The molecule has 0 atom stereocenters. The first-order valence-electron chi connectivity index (χ1n) is 10.8. The molecule has 1 saturated heterocycles. The van der Waals surface area contributed by atoms with E-state index in [1.807, 2.05) is 36.4 Å². The highest BCUT2D eigenvalue weighted by Gasteiger charge is 2.32. The summed E-state index contributed by atoms with van der Waals surface area (Å²) in [6.45, 7) is 1.02. The van der Waals surface area contributed by atoms with Crippen LogP contribution in [0.15, 0.2) is 58.8 Å². The maximum atomic E-state index is 12.9. The maximum Gasteiger partial charge on any atom is 0.333 e. The molecular formula is C22H24N4O5S4. The fourth-order valence-corrected chi connectivity index (χ4v) is 6.56. The largest absolute Gasteiger partial charge is 0.341 e. The monoisotopic (exact) mass is 552 g/mol. The average Bonchev–Trinajstić information content (AvgIpc) is 3.19. The van der Waals surface area contributed by atoms with Crippen molar-refractivity contribution in [2.75, 3.05) is 24.6 Å². The first-order valence-corrected chi connectivity index (χ1v) is 15.4. The van der Waals surface area contributed by atoms with E-state index in [2.05, 4.69) is 9.97 Å². The molecule has 3 amide bonds. The lowest BCUT2D eigenvalue weighted by Crippen LogP contribution is -2.36. The zero-order valence-corrected chi connectivity index (χ0v) is 22.0. The van der Waals surface area contributed by atoms with Crippen molar-refractivity contribution in [1.29, 1.82) is 0 Å². The van der Waals surface area contributed by atoms with Gasteiger partial charge in [0.1, 0.15) is 10.1 Å². The van der Waals surface area contributed by atoms with Crippen molar-refractivity contribution in [3.63, 3.8) is 0 Å². The van der Waals surface area contributed by atoms with Gasteiger partial charge >= 0.3 is 5.97 Å². The molecule has 3 heterocycles. The summed E-state index contributed by atoms with van der Waals surface area (Å²) in [5.74, 6) is -0.671. The molecule has 0 bridgehead atoms. The van der Waals surface area contributed by atoms with Gasteiger partial charge in [-0.3, -0.25) is 14.4 Å². The SMILES string of the molecule is O=C(CCC(=O)N(CCSSc1ccccn1)CCSSc1ccccn1)ON1C(=O)CCC1=O. The van der Waals surface area contributed by atoms with Crippen LogP contribution in [-0.4, -0.2) is 68.2 Å². The molecule has 0 radical (unpaired) electrons.